The first-order valence-electron chi connectivity index (χ1n) is 6.81. The van der Waals surface area contributed by atoms with E-state index in [2.05, 4.69) is 10.1 Å². The molecule has 0 saturated carbocycles. The van der Waals surface area contributed by atoms with Crippen molar-refractivity contribution in [2.45, 2.75) is 31.8 Å². The molecular weight excluding hydrogens is 273 g/mol. The van der Waals surface area contributed by atoms with Gasteiger partial charge in [0.05, 0.1) is 5.56 Å². The van der Waals surface area contributed by atoms with Gasteiger partial charge in [-0.05, 0) is 38.3 Å². The lowest BCUT2D eigenvalue weighted by atomic mass is 9.95. The maximum absolute atomic E-state index is 13.6. The van der Waals surface area contributed by atoms with Gasteiger partial charge in [0.2, 0.25) is 5.82 Å². The summed E-state index contributed by atoms with van der Waals surface area (Å²) in [6.07, 6.45) is 2.85. The highest BCUT2D eigenvalue weighted by molar-refractivity contribution is 5.63. The van der Waals surface area contributed by atoms with Crippen LogP contribution in [0.15, 0.2) is 22.7 Å². The predicted molar refractivity (Wildman–Crippen MR) is 71.6 cm³/mol. The maximum atomic E-state index is 13.6. The molecule has 3 rings (SSSR count). The largest absolute Gasteiger partial charge is 0.367 e. The molecule has 1 aromatic heterocycles. The lowest BCUT2D eigenvalue weighted by molar-refractivity contribution is -0.0770. The molecule has 0 aliphatic carbocycles. The van der Waals surface area contributed by atoms with Crippen LogP contribution in [0.1, 0.15) is 37.6 Å². The van der Waals surface area contributed by atoms with E-state index in [0.717, 1.165) is 19.3 Å². The highest BCUT2D eigenvalue weighted by Gasteiger charge is 2.35. The number of hydrogen-bond donors (Lipinski definition) is 0. The van der Waals surface area contributed by atoms with E-state index in [1.54, 1.807) is 6.07 Å². The molecule has 0 N–H and O–H groups in total. The van der Waals surface area contributed by atoms with E-state index in [1.807, 2.05) is 13.0 Å². The van der Waals surface area contributed by atoms with Crippen LogP contribution in [0.4, 0.5) is 4.39 Å². The Balaban J connectivity index is 2.00. The van der Waals surface area contributed by atoms with Gasteiger partial charge in [-0.25, -0.2) is 4.39 Å². The number of nitriles is 1. The molecule has 1 aliphatic heterocycles. The summed E-state index contributed by atoms with van der Waals surface area (Å²) in [5, 5.41) is 13.0. The number of rotatable bonds is 2. The van der Waals surface area contributed by atoms with Gasteiger partial charge in [0.1, 0.15) is 23.1 Å². The molecule has 1 aliphatic rings. The van der Waals surface area contributed by atoms with E-state index >= 15 is 0 Å². The Hall–Kier alpha value is -2.26. The van der Waals surface area contributed by atoms with E-state index in [0.29, 0.717) is 18.0 Å². The number of ether oxygens (including phenoxy) is 1. The first-order valence-corrected chi connectivity index (χ1v) is 6.81. The first kappa shape index (κ1) is 13.7. The number of hydrogen-bond acceptors (Lipinski definition) is 5. The van der Waals surface area contributed by atoms with Gasteiger partial charge >= 0.3 is 0 Å². The lowest BCUT2D eigenvalue weighted by Crippen LogP contribution is -2.31. The summed E-state index contributed by atoms with van der Waals surface area (Å²) in [7, 11) is 0. The van der Waals surface area contributed by atoms with Crippen LogP contribution >= 0.6 is 0 Å². The summed E-state index contributed by atoms with van der Waals surface area (Å²) in [5.41, 5.74) is -0.377. The number of halogens is 1. The highest BCUT2D eigenvalue weighted by atomic mass is 19.1. The molecule has 1 fully saturated rings. The van der Waals surface area contributed by atoms with E-state index < -0.39 is 11.4 Å². The third-order valence-electron chi connectivity index (χ3n) is 3.72. The second-order valence-corrected chi connectivity index (χ2v) is 5.23. The van der Waals surface area contributed by atoms with Crippen molar-refractivity contribution in [2.24, 2.45) is 0 Å². The third-order valence-corrected chi connectivity index (χ3v) is 3.72. The summed E-state index contributed by atoms with van der Waals surface area (Å²) in [5.74, 6) is -0.0309. The second-order valence-electron chi connectivity index (χ2n) is 5.23. The zero-order valence-corrected chi connectivity index (χ0v) is 11.6. The normalized spacial score (nSPS) is 22.0. The molecule has 0 amide bonds. The quantitative estimate of drug-likeness (QED) is 0.848. The number of aromatic nitrogens is 2. The van der Waals surface area contributed by atoms with Crippen molar-refractivity contribution in [2.75, 3.05) is 6.61 Å². The SMILES string of the molecule is CC1(c2noc(-c3cccc(F)c3C#N)n2)CCCCO1. The van der Waals surface area contributed by atoms with Gasteiger partial charge in [-0.2, -0.15) is 10.2 Å². The standard InChI is InChI=1S/C15H14FN3O2/c1-15(7-2-3-8-20-15)14-18-13(21-19-14)10-5-4-6-12(16)11(10)9-17/h4-6H,2-3,7-8H2,1H3. The Morgan fingerprint density at radius 2 is 2.24 bits per heavy atom. The molecule has 1 aromatic carbocycles. The van der Waals surface area contributed by atoms with Crippen LogP contribution < -0.4 is 0 Å². The van der Waals surface area contributed by atoms with E-state index in [1.165, 1.54) is 12.1 Å². The smallest absolute Gasteiger partial charge is 0.259 e. The molecule has 5 nitrogen and oxygen atoms in total. The fourth-order valence-corrected chi connectivity index (χ4v) is 2.47. The summed E-state index contributed by atoms with van der Waals surface area (Å²) >= 11 is 0. The van der Waals surface area contributed by atoms with Gasteiger partial charge in [-0.1, -0.05) is 11.2 Å². The molecular formula is C15H14FN3O2. The van der Waals surface area contributed by atoms with Crippen LogP contribution in [0.5, 0.6) is 0 Å². The summed E-state index contributed by atoms with van der Waals surface area (Å²) in [6.45, 7) is 2.57. The van der Waals surface area contributed by atoms with Crippen molar-refractivity contribution in [3.05, 3.63) is 35.4 Å². The summed E-state index contributed by atoms with van der Waals surface area (Å²) < 4.78 is 24.6. The van der Waals surface area contributed by atoms with Crippen LogP contribution in [0.3, 0.4) is 0 Å². The van der Waals surface area contributed by atoms with Crippen LogP contribution in [0.25, 0.3) is 11.5 Å². The van der Waals surface area contributed by atoms with Gasteiger partial charge in [-0.15, -0.1) is 0 Å². The van der Waals surface area contributed by atoms with E-state index in [-0.39, 0.29) is 11.5 Å². The molecule has 1 unspecified atom stereocenters. The molecule has 0 bridgehead atoms. The Morgan fingerprint density at radius 3 is 2.95 bits per heavy atom. The second kappa shape index (κ2) is 5.26. The molecule has 21 heavy (non-hydrogen) atoms. The molecule has 1 atom stereocenters. The van der Waals surface area contributed by atoms with Crippen molar-refractivity contribution in [1.29, 1.82) is 5.26 Å². The Bertz CT molecular complexity index is 699. The fourth-order valence-electron chi connectivity index (χ4n) is 2.47. The van der Waals surface area contributed by atoms with Crippen molar-refractivity contribution >= 4 is 0 Å². The lowest BCUT2D eigenvalue weighted by Gasteiger charge is -2.30. The Kier molecular flexibility index (Phi) is 3.43. The van der Waals surface area contributed by atoms with Gasteiger partial charge in [-0.3, -0.25) is 0 Å². The molecule has 1 saturated heterocycles. The highest BCUT2D eigenvalue weighted by Crippen LogP contribution is 2.34. The summed E-state index contributed by atoms with van der Waals surface area (Å²) in [6, 6.07) is 6.15. The van der Waals surface area contributed by atoms with E-state index in [4.69, 9.17) is 14.5 Å². The fraction of sp³-hybridized carbons (Fsp3) is 0.400. The molecule has 0 radical (unpaired) electrons. The predicted octanol–water partition coefficient (Wildman–Crippen LogP) is 3.16. The van der Waals surface area contributed by atoms with Crippen LogP contribution in [-0.2, 0) is 10.3 Å². The Morgan fingerprint density at radius 1 is 1.38 bits per heavy atom. The average Bonchev–Trinajstić information content (AvgIpc) is 2.98. The van der Waals surface area contributed by atoms with Gasteiger partial charge in [0, 0.05) is 6.61 Å². The van der Waals surface area contributed by atoms with Crippen LogP contribution in [0.2, 0.25) is 0 Å². The molecule has 0 spiro atoms. The Labute approximate surface area is 121 Å². The topological polar surface area (TPSA) is 71.9 Å². The minimum absolute atomic E-state index is 0.0950. The van der Waals surface area contributed by atoms with Gasteiger partial charge < -0.3 is 9.26 Å². The third kappa shape index (κ3) is 2.41. The van der Waals surface area contributed by atoms with Gasteiger partial charge in [0.15, 0.2) is 0 Å². The first-order chi connectivity index (χ1) is 10.1. The molecule has 2 aromatic rings. The van der Waals surface area contributed by atoms with Crippen LogP contribution in [0, 0.1) is 17.1 Å². The minimum Gasteiger partial charge on any atom is -0.367 e. The van der Waals surface area contributed by atoms with Gasteiger partial charge in [0.25, 0.3) is 5.89 Å². The van der Waals surface area contributed by atoms with Crippen molar-refractivity contribution in [1.82, 2.24) is 10.1 Å². The molecule has 108 valence electrons. The maximum Gasteiger partial charge on any atom is 0.259 e. The monoisotopic (exact) mass is 287 g/mol. The average molecular weight is 287 g/mol. The zero-order chi connectivity index (χ0) is 14.9. The van der Waals surface area contributed by atoms with E-state index in [9.17, 15) is 4.39 Å². The van der Waals surface area contributed by atoms with Crippen molar-refractivity contribution < 1.29 is 13.7 Å². The zero-order valence-electron chi connectivity index (χ0n) is 11.6. The number of benzene rings is 1. The van der Waals surface area contributed by atoms with Crippen LogP contribution in [-0.4, -0.2) is 16.7 Å². The van der Waals surface area contributed by atoms with Crippen molar-refractivity contribution in [3.8, 4) is 17.5 Å². The summed E-state index contributed by atoms with van der Waals surface area (Å²) in [4.78, 5) is 4.31. The number of nitrogens with zero attached hydrogens (tertiary/aromatic N) is 3. The molecule has 6 heteroatoms. The minimum atomic E-state index is -0.602. The molecule has 2 heterocycles. The van der Waals surface area contributed by atoms with Crippen molar-refractivity contribution in [3.63, 3.8) is 0 Å².